The lowest BCUT2D eigenvalue weighted by Gasteiger charge is -2.37. The van der Waals surface area contributed by atoms with Gasteiger partial charge < -0.3 is 10.1 Å². The summed E-state index contributed by atoms with van der Waals surface area (Å²) in [5, 5.41) is 3.74. The van der Waals surface area contributed by atoms with Gasteiger partial charge in [-0.25, -0.2) is 13.2 Å². The van der Waals surface area contributed by atoms with Crippen molar-refractivity contribution in [3.05, 3.63) is 94.0 Å². The third-order valence-electron chi connectivity index (χ3n) is 5.43. The van der Waals surface area contributed by atoms with E-state index in [4.69, 9.17) is 27.9 Å². The average Bonchev–Trinajstić information content (AvgIpc) is 2.82. The number of aryl methyl sites for hydroxylation is 1. The molecule has 172 valence electrons. The summed E-state index contributed by atoms with van der Waals surface area (Å²) in [6.45, 7) is 0.198. The zero-order valence-corrected chi connectivity index (χ0v) is 19.9. The molecular formula is C24H22Cl2N2O4S. The SMILES string of the molecule is O=C(NCc1ccc(Cl)cc1)OCC1CCc2ccccc2N1S(=O)(=O)c1ccc(Cl)cc1. The molecule has 1 heterocycles. The normalized spacial score (nSPS) is 15.6. The van der Waals surface area contributed by atoms with Crippen LogP contribution in [-0.4, -0.2) is 27.2 Å². The number of fused-ring (bicyclic) bond motifs is 1. The number of rotatable bonds is 6. The van der Waals surface area contributed by atoms with Crippen molar-refractivity contribution in [3.8, 4) is 0 Å². The Morgan fingerprint density at radius 2 is 1.61 bits per heavy atom. The molecule has 1 aliphatic heterocycles. The highest BCUT2D eigenvalue weighted by Crippen LogP contribution is 2.35. The van der Waals surface area contributed by atoms with E-state index in [0.717, 1.165) is 11.1 Å². The zero-order chi connectivity index (χ0) is 23.4. The van der Waals surface area contributed by atoms with Gasteiger partial charge in [-0.2, -0.15) is 0 Å². The summed E-state index contributed by atoms with van der Waals surface area (Å²) in [6.07, 6.45) is 0.588. The first-order valence-corrected chi connectivity index (χ1v) is 12.6. The van der Waals surface area contributed by atoms with E-state index >= 15 is 0 Å². The van der Waals surface area contributed by atoms with Gasteiger partial charge >= 0.3 is 6.09 Å². The van der Waals surface area contributed by atoms with Crippen LogP contribution in [0.15, 0.2) is 77.7 Å². The van der Waals surface area contributed by atoms with Crippen LogP contribution in [0.3, 0.4) is 0 Å². The molecule has 33 heavy (non-hydrogen) atoms. The number of benzene rings is 3. The van der Waals surface area contributed by atoms with E-state index in [9.17, 15) is 13.2 Å². The number of hydrogen-bond acceptors (Lipinski definition) is 4. The minimum absolute atomic E-state index is 0.0758. The van der Waals surface area contributed by atoms with E-state index in [0.29, 0.717) is 28.6 Å². The van der Waals surface area contributed by atoms with E-state index in [2.05, 4.69) is 5.32 Å². The van der Waals surface area contributed by atoms with Gasteiger partial charge in [0.1, 0.15) is 6.61 Å². The molecule has 1 amide bonds. The molecule has 1 N–H and O–H groups in total. The van der Waals surface area contributed by atoms with Crippen molar-refractivity contribution >= 4 is 45.0 Å². The van der Waals surface area contributed by atoms with Crippen molar-refractivity contribution in [1.29, 1.82) is 0 Å². The van der Waals surface area contributed by atoms with Gasteiger partial charge in [-0.05, 0) is 66.4 Å². The van der Waals surface area contributed by atoms with Gasteiger partial charge in [0.2, 0.25) is 0 Å². The summed E-state index contributed by atoms with van der Waals surface area (Å²) in [6, 6.07) is 20.0. The van der Waals surface area contributed by atoms with Crippen LogP contribution in [0.2, 0.25) is 10.0 Å². The molecule has 3 aromatic rings. The highest BCUT2D eigenvalue weighted by molar-refractivity contribution is 7.92. The second-order valence-corrected chi connectivity index (χ2v) is 10.3. The molecular weight excluding hydrogens is 483 g/mol. The minimum atomic E-state index is -3.90. The largest absolute Gasteiger partial charge is 0.447 e. The van der Waals surface area contributed by atoms with Gasteiger partial charge in [-0.3, -0.25) is 4.31 Å². The number of carbonyl (C=O) groups is 1. The summed E-state index contributed by atoms with van der Waals surface area (Å²) in [7, 11) is -3.90. The Kier molecular flexibility index (Phi) is 7.12. The van der Waals surface area contributed by atoms with Crippen LogP contribution in [0.4, 0.5) is 10.5 Å². The van der Waals surface area contributed by atoms with E-state index in [1.54, 1.807) is 48.5 Å². The number of ether oxygens (including phenoxy) is 1. The predicted molar refractivity (Wildman–Crippen MR) is 129 cm³/mol. The molecule has 6 nitrogen and oxygen atoms in total. The van der Waals surface area contributed by atoms with Crippen LogP contribution < -0.4 is 9.62 Å². The molecule has 0 saturated carbocycles. The number of hydrogen-bond donors (Lipinski definition) is 1. The van der Waals surface area contributed by atoms with Gasteiger partial charge in [0.05, 0.1) is 16.6 Å². The maximum atomic E-state index is 13.6. The molecule has 0 aliphatic carbocycles. The Bertz CT molecular complexity index is 1230. The highest BCUT2D eigenvalue weighted by Gasteiger charge is 2.36. The third kappa shape index (κ3) is 5.43. The van der Waals surface area contributed by atoms with Gasteiger partial charge in [-0.15, -0.1) is 0 Å². The van der Waals surface area contributed by atoms with Gasteiger partial charge in [0.15, 0.2) is 0 Å². The number of amides is 1. The minimum Gasteiger partial charge on any atom is -0.447 e. The predicted octanol–water partition coefficient (Wildman–Crippen LogP) is 5.43. The number of para-hydroxylation sites is 1. The lowest BCUT2D eigenvalue weighted by atomic mass is 9.98. The van der Waals surface area contributed by atoms with Crippen LogP contribution in [0, 0.1) is 0 Å². The first kappa shape index (κ1) is 23.4. The summed E-state index contributed by atoms with van der Waals surface area (Å²) >= 11 is 11.8. The molecule has 0 saturated heterocycles. The molecule has 9 heteroatoms. The van der Waals surface area contributed by atoms with Gasteiger partial charge in [0, 0.05) is 16.6 Å². The third-order valence-corrected chi connectivity index (χ3v) is 7.82. The number of anilines is 1. The summed E-state index contributed by atoms with van der Waals surface area (Å²) in [5.74, 6) is 0. The molecule has 1 atom stereocenters. The molecule has 3 aromatic carbocycles. The van der Waals surface area contributed by atoms with E-state index in [1.807, 2.05) is 12.1 Å². The van der Waals surface area contributed by atoms with Crippen LogP contribution in [0.25, 0.3) is 0 Å². The molecule has 1 unspecified atom stereocenters. The van der Waals surface area contributed by atoms with E-state index < -0.39 is 22.2 Å². The fraction of sp³-hybridized carbons (Fsp3) is 0.208. The molecule has 0 fully saturated rings. The number of sulfonamides is 1. The first-order chi connectivity index (χ1) is 15.8. The van der Waals surface area contributed by atoms with Crippen LogP contribution in [-0.2, 0) is 27.7 Å². The Balaban J connectivity index is 1.50. The molecule has 0 bridgehead atoms. The Morgan fingerprint density at radius 3 is 2.30 bits per heavy atom. The lowest BCUT2D eigenvalue weighted by Crippen LogP contribution is -2.47. The summed E-state index contributed by atoms with van der Waals surface area (Å²) in [5.41, 5.74) is 2.39. The fourth-order valence-corrected chi connectivity index (χ4v) is 5.72. The molecule has 0 spiro atoms. The fourth-order valence-electron chi connectivity index (χ4n) is 3.77. The molecule has 1 aliphatic rings. The number of alkyl carbamates (subject to hydrolysis) is 1. The highest BCUT2D eigenvalue weighted by atomic mass is 35.5. The Labute approximate surface area is 203 Å². The van der Waals surface area contributed by atoms with Crippen molar-refractivity contribution in [1.82, 2.24) is 5.32 Å². The number of halogens is 2. The van der Waals surface area contributed by atoms with Crippen molar-refractivity contribution in [2.24, 2.45) is 0 Å². The Morgan fingerprint density at radius 1 is 0.970 bits per heavy atom. The first-order valence-electron chi connectivity index (χ1n) is 10.4. The number of carbonyl (C=O) groups excluding carboxylic acids is 1. The monoisotopic (exact) mass is 504 g/mol. The van der Waals surface area contributed by atoms with Crippen molar-refractivity contribution in [2.45, 2.75) is 30.3 Å². The van der Waals surface area contributed by atoms with E-state index in [1.165, 1.54) is 16.4 Å². The smallest absolute Gasteiger partial charge is 0.407 e. The average molecular weight is 505 g/mol. The standard InChI is InChI=1S/C24H22Cl2N2O4S/c25-19-8-5-17(6-9-19)15-27-24(29)32-16-21-12-7-18-3-1-2-4-23(18)28(21)33(30,31)22-13-10-20(26)11-14-22/h1-6,8-11,13-14,21H,7,12,15-16H2,(H,27,29). The quantitative estimate of drug-likeness (QED) is 0.485. The molecule has 4 rings (SSSR count). The van der Waals surface area contributed by atoms with Crippen molar-refractivity contribution in [3.63, 3.8) is 0 Å². The maximum absolute atomic E-state index is 13.6. The molecule has 0 aromatic heterocycles. The second kappa shape index (κ2) is 10.0. The summed E-state index contributed by atoms with van der Waals surface area (Å²) in [4.78, 5) is 12.4. The Hall–Kier alpha value is -2.74. The lowest BCUT2D eigenvalue weighted by molar-refractivity contribution is 0.137. The number of nitrogens with one attached hydrogen (secondary N) is 1. The zero-order valence-electron chi connectivity index (χ0n) is 17.6. The van der Waals surface area contributed by atoms with E-state index in [-0.39, 0.29) is 18.0 Å². The van der Waals surface area contributed by atoms with Crippen molar-refractivity contribution < 1.29 is 17.9 Å². The van der Waals surface area contributed by atoms with Gasteiger partial charge in [-0.1, -0.05) is 53.5 Å². The second-order valence-electron chi connectivity index (χ2n) is 7.65. The van der Waals surface area contributed by atoms with Crippen LogP contribution >= 0.6 is 23.2 Å². The number of nitrogens with zero attached hydrogens (tertiary/aromatic N) is 1. The maximum Gasteiger partial charge on any atom is 0.407 e. The van der Waals surface area contributed by atoms with Gasteiger partial charge in [0.25, 0.3) is 10.0 Å². The summed E-state index contributed by atoms with van der Waals surface area (Å²) < 4.78 is 33.9. The topological polar surface area (TPSA) is 75.7 Å². The van der Waals surface area contributed by atoms with Crippen LogP contribution in [0.1, 0.15) is 17.5 Å². The van der Waals surface area contributed by atoms with Crippen molar-refractivity contribution in [2.75, 3.05) is 10.9 Å². The molecule has 0 radical (unpaired) electrons. The van der Waals surface area contributed by atoms with Crippen LogP contribution in [0.5, 0.6) is 0 Å².